The molecule has 3 aliphatic rings. The summed E-state index contributed by atoms with van der Waals surface area (Å²) < 4.78 is 6.94. The second-order valence-electron chi connectivity index (χ2n) is 11.9. The Hall–Kier alpha value is -3.40. The van der Waals surface area contributed by atoms with Gasteiger partial charge in [-0.1, -0.05) is 0 Å². The van der Waals surface area contributed by atoms with Crippen LogP contribution in [0.25, 0.3) is 5.69 Å². The monoisotopic (exact) mass is 536 g/mol. The molecule has 2 amide bonds. The number of likely N-dealkylation sites (tertiary alicyclic amines) is 1. The number of nitrogens with zero attached hydrogens (tertiary/aromatic N) is 4. The zero-order valence-corrected chi connectivity index (χ0v) is 23.5. The predicted molar refractivity (Wildman–Crippen MR) is 148 cm³/mol. The molecule has 10 heteroatoms. The lowest BCUT2D eigenvalue weighted by molar-refractivity contribution is -0.141. The lowest BCUT2D eigenvalue weighted by atomic mass is 9.87. The van der Waals surface area contributed by atoms with E-state index in [1.807, 2.05) is 28.6 Å². The predicted octanol–water partition coefficient (Wildman–Crippen LogP) is 2.91. The van der Waals surface area contributed by atoms with Crippen LogP contribution in [-0.4, -0.2) is 81.7 Å². The third kappa shape index (κ3) is 5.80. The molecule has 0 unspecified atom stereocenters. The Morgan fingerprint density at radius 2 is 1.90 bits per heavy atom. The van der Waals surface area contributed by atoms with Crippen molar-refractivity contribution in [1.82, 2.24) is 19.6 Å². The first kappa shape index (κ1) is 27.2. The topological polar surface area (TPSA) is 123 Å². The number of aromatic nitrogens is 2. The van der Waals surface area contributed by atoms with E-state index in [0.717, 1.165) is 49.6 Å². The summed E-state index contributed by atoms with van der Waals surface area (Å²) in [5, 5.41) is 8.36. The third-order valence-corrected chi connectivity index (χ3v) is 8.26. The summed E-state index contributed by atoms with van der Waals surface area (Å²) in [6.45, 7) is 11.2. The number of benzene rings is 1. The summed E-state index contributed by atoms with van der Waals surface area (Å²) in [5.41, 5.74) is 9.66. The second kappa shape index (κ2) is 10.6. The van der Waals surface area contributed by atoms with Gasteiger partial charge in [-0.2, -0.15) is 5.10 Å². The maximum atomic E-state index is 13.6. The van der Waals surface area contributed by atoms with Gasteiger partial charge in [-0.3, -0.25) is 19.3 Å². The first-order valence-electron chi connectivity index (χ1n) is 14.0. The Kier molecular flexibility index (Phi) is 7.41. The average molecular weight is 537 g/mol. The number of rotatable bonds is 9. The van der Waals surface area contributed by atoms with E-state index < -0.39 is 5.91 Å². The number of primary amides is 1. The van der Waals surface area contributed by atoms with Crippen molar-refractivity contribution in [2.75, 3.05) is 38.1 Å². The van der Waals surface area contributed by atoms with Gasteiger partial charge in [0.05, 0.1) is 28.2 Å². The molecule has 2 aliphatic heterocycles. The highest BCUT2D eigenvalue weighted by Crippen LogP contribution is 2.38. The van der Waals surface area contributed by atoms with Crippen LogP contribution in [0, 0.1) is 12.8 Å². The van der Waals surface area contributed by atoms with Gasteiger partial charge in [0, 0.05) is 56.8 Å². The number of piperidine rings is 1. The van der Waals surface area contributed by atoms with E-state index in [9.17, 15) is 14.4 Å². The molecule has 10 nitrogen and oxygen atoms in total. The Morgan fingerprint density at radius 1 is 1.18 bits per heavy atom. The molecule has 39 heavy (non-hydrogen) atoms. The first-order chi connectivity index (χ1) is 18.5. The molecule has 2 aromatic rings. The van der Waals surface area contributed by atoms with Crippen LogP contribution in [0.15, 0.2) is 18.2 Å². The molecule has 3 N–H and O–H groups in total. The van der Waals surface area contributed by atoms with Gasteiger partial charge in [0.2, 0.25) is 0 Å². The minimum absolute atomic E-state index is 0.0597. The molecule has 3 heterocycles. The molecular weight excluding hydrogens is 496 g/mol. The highest BCUT2D eigenvalue weighted by Gasteiger charge is 2.43. The van der Waals surface area contributed by atoms with E-state index in [-0.39, 0.29) is 23.5 Å². The summed E-state index contributed by atoms with van der Waals surface area (Å²) in [6, 6.07) is 5.69. The summed E-state index contributed by atoms with van der Waals surface area (Å²) in [7, 11) is 0. The van der Waals surface area contributed by atoms with Crippen LogP contribution in [0.4, 0.5) is 5.69 Å². The van der Waals surface area contributed by atoms with Crippen molar-refractivity contribution in [3.63, 3.8) is 0 Å². The van der Waals surface area contributed by atoms with Gasteiger partial charge in [-0.25, -0.2) is 4.68 Å². The quantitative estimate of drug-likeness (QED) is 0.473. The SMILES string of the molecule is CC(=O)OCCN1CCC(Nc2cc(-n3nc(C)c4c3CC(C)(C)N(CC3CC3)C4=O)ccc2C(N)=O)CC1. The van der Waals surface area contributed by atoms with Crippen LogP contribution in [0.3, 0.4) is 0 Å². The fraction of sp³-hybridized carbons (Fsp3) is 0.586. The molecular formula is C29H40N6O4. The fourth-order valence-electron chi connectivity index (χ4n) is 5.87. The van der Waals surface area contributed by atoms with Gasteiger partial charge in [0.15, 0.2) is 0 Å². The molecule has 1 saturated carbocycles. The number of anilines is 1. The van der Waals surface area contributed by atoms with Crippen LogP contribution in [-0.2, 0) is 16.0 Å². The molecule has 2 fully saturated rings. The van der Waals surface area contributed by atoms with Crippen molar-refractivity contribution in [2.24, 2.45) is 11.7 Å². The van der Waals surface area contributed by atoms with Crippen molar-refractivity contribution in [3.05, 3.63) is 40.7 Å². The number of nitrogens with one attached hydrogen (secondary N) is 1. The Bertz CT molecular complexity index is 1270. The van der Waals surface area contributed by atoms with E-state index in [0.29, 0.717) is 42.3 Å². The number of carbonyl (C=O) groups is 3. The highest BCUT2D eigenvalue weighted by atomic mass is 16.5. The maximum absolute atomic E-state index is 13.6. The van der Waals surface area contributed by atoms with Gasteiger partial charge < -0.3 is 20.7 Å². The molecule has 0 atom stereocenters. The largest absolute Gasteiger partial charge is 0.465 e. The van der Waals surface area contributed by atoms with Gasteiger partial charge in [0.1, 0.15) is 6.61 Å². The van der Waals surface area contributed by atoms with Gasteiger partial charge in [0.25, 0.3) is 11.8 Å². The molecule has 0 radical (unpaired) electrons. The van der Waals surface area contributed by atoms with Crippen molar-refractivity contribution in [1.29, 1.82) is 0 Å². The molecule has 1 aromatic heterocycles. The number of amides is 2. The van der Waals surface area contributed by atoms with Crippen LogP contribution < -0.4 is 11.1 Å². The van der Waals surface area contributed by atoms with Crippen molar-refractivity contribution in [3.8, 4) is 5.69 Å². The van der Waals surface area contributed by atoms with Gasteiger partial charge in [-0.15, -0.1) is 0 Å². The summed E-state index contributed by atoms with van der Waals surface area (Å²) in [4.78, 5) is 41.3. The fourth-order valence-corrected chi connectivity index (χ4v) is 5.87. The zero-order valence-electron chi connectivity index (χ0n) is 23.5. The van der Waals surface area contributed by atoms with E-state index in [1.54, 1.807) is 6.07 Å². The minimum Gasteiger partial charge on any atom is -0.465 e. The lowest BCUT2D eigenvalue weighted by Crippen LogP contribution is -2.53. The van der Waals surface area contributed by atoms with Gasteiger partial charge >= 0.3 is 5.97 Å². The number of aryl methyl sites for hydroxylation is 1. The van der Waals surface area contributed by atoms with E-state index in [1.165, 1.54) is 19.8 Å². The number of esters is 1. The zero-order chi connectivity index (χ0) is 27.9. The number of hydrogen-bond acceptors (Lipinski definition) is 7. The molecule has 1 saturated heterocycles. The summed E-state index contributed by atoms with van der Waals surface area (Å²) in [6.07, 6.45) is 4.87. The molecule has 1 aliphatic carbocycles. The standard InChI is InChI=1S/C29H40N6O4/c1-18-26-25(16-29(3,4)34(28(26)38)17-20-5-6-20)35(32-18)22-7-8-23(27(30)37)24(15-22)31-21-9-11-33(12-10-21)13-14-39-19(2)36/h7-8,15,20-21,31H,5-6,9-14,16-17H2,1-4H3,(H2,30,37). The van der Waals surface area contributed by atoms with Crippen molar-refractivity contribution >= 4 is 23.5 Å². The average Bonchev–Trinajstić information content (AvgIpc) is 3.64. The molecule has 210 valence electrons. The lowest BCUT2D eigenvalue weighted by Gasteiger charge is -2.42. The van der Waals surface area contributed by atoms with Crippen LogP contribution in [0.1, 0.15) is 78.6 Å². The maximum Gasteiger partial charge on any atom is 0.302 e. The highest BCUT2D eigenvalue weighted by molar-refractivity contribution is 5.99. The molecule has 1 aromatic carbocycles. The Balaban J connectivity index is 1.37. The van der Waals surface area contributed by atoms with Crippen molar-refractivity contribution in [2.45, 2.75) is 71.4 Å². The van der Waals surface area contributed by atoms with Crippen LogP contribution >= 0.6 is 0 Å². The number of nitrogens with two attached hydrogens (primary N) is 1. The Labute approximate surface area is 229 Å². The molecule has 5 rings (SSSR count). The molecule has 0 spiro atoms. The number of fused-ring (bicyclic) bond motifs is 1. The summed E-state index contributed by atoms with van der Waals surface area (Å²) in [5.74, 6) is -0.0820. The Morgan fingerprint density at radius 3 is 2.54 bits per heavy atom. The second-order valence-corrected chi connectivity index (χ2v) is 11.9. The minimum atomic E-state index is -0.492. The number of carbonyl (C=O) groups excluding carboxylic acids is 3. The van der Waals surface area contributed by atoms with Crippen LogP contribution in [0.2, 0.25) is 0 Å². The molecule has 0 bridgehead atoms. The third-order valence-electron chi connectivity index (χ3n) is 8.26. The number of ether oxygens (including phenoxy) is 1. The smallest absolute Gasteiger partial charge is 0.302 e. The van der Waals surface area contributed by atoms with E-state index >= 15 is 0 Å². The number of hydrogen-bond donors (Lipinski definition) is 2. The first-order valence-corrected chi connectivity index (χ1v) is 14.0. The van der Waals surface area contributed by atoms with Crippen molar-refractivity contribution < 1.29 is 19.1 Å². The summed E-state index contributed by atoms with van der Waals surface area (Å²) >= 11 is 0. The van der Waals surface area contributed by atoms with Gasteiger partial charge in [-0.05, 0) is 70.6 Å². The van der Waals surface area contributed by atoms with E-state index in [4.69, 9.17) is 15.6 Å². The normalized spacial score (nSPS) is 19.6. The van der Waals surface area contributed by atoms with E-state index in [2.05, 4.69) is 24.1 Å². The van der Waals surface area contributed by atoms with Crippen LogP contribution in [0.5, 0.6) is 0 Å².